The van der Waals surface area contributed by atoms with Crippen LogP contribution in [0.2, 0.25) is 0 Å². The van der Waals surface area contributed by atoms with Crippen LogP contribution in [0, 0.1) is 0 Å². The normalized spacial score (nSPS) is 21.4. The Kier molecular flexibility index (Phi) is 3.79. The highest BCUT2D eigenvalue weighted by molar-refractivity contribution is 5.68. The van der Waals surface area contributed by atoms with Gasteiger partial charge in [-0.1, -0.05) is 31.2 Å². The summed E-state index contributed by atoms with van der Waals surface area (Å²) in [5.74, 6) is -0.200. The van der Waals surface area contributed by atoms with Crippen LogP contribution in [-0.2, 0) is 9.53 Å². The Morgan fingerprint density at radius 3 is 3.06 bits per heavy atom. The van der Waals surface area contributed by atoms with Gasteiger partial charge in [0, 0.05) is 12.5 Å². The molecule has 0 aliphatic carbocycles. The standard InChI is InChI=1S/C14H18O3/c1-10(7-14(15)16)11-3-2-4-12(8-11)13-5-6-17-9-13/h2-4,8,10,13H,5-7,9H2,1H3,(H,15,16). The van der Waals surface area contributed by atoms with Crippen LogP contribution in [0.25, 0.3) is 0 Å². The predicted octanol–water partition coefficient (Wildman–Crippen LogP) is 2.77. The summed E-state index contributed by atoms with van der Waals surface area (Å²) in [5, 5.41) is 8.81. The number of aliphatic carboxylic acids is 1. The Morgan fingerprint density at radius 1 is 1.59 bits per heavy atom. The number of carboxylic acid groups (broad SMARTS) is 1. The molecular formula is C14H18O3. The zero-order valence-electron chi connectivity index (χ0n) is 10.1. The van der Waals surface area contributed by atoms with E-state index in [0.717, 1.165) is 25.2 Å². The molecule has 2 rings (SSSR count). The molecule has 1 aliphatic rings. The van der Waals surface area contributed by atoms with Gasteiger partial charge in [-0.05, 0) is 23.5 Å². The lowest BCUT2D eigenvalue weighted by atomic mass is 9.91. The van der Waals surface area contributed by atoms with Gasteiger partial charge in [-0.25, -0.2) is 0 Å². The zero-order chi connectivity index (χ0) is 12.3. The topological polar surface area (TPSA) is 46.5 Å². The van der Waals surface area contributed by atoms with Gasteiger partial charge >= 0.3 is 5.97 Å². The van der Waals surface area contributed by atoms with Gasteiger partial charge < -0.3 is 9.84 Å². The molecule has 2 atom stereocenters. The maximum Gasteiger partial charge on any atom is 0.303 e. The summed E-state index contributed by atoms with van der Waals surface area (Å²) in [6.45, 7) is 3.58. The minimum absolute atomic E-state index is 0.0646. The van der Waals surface area contributed by atoms with Gasteiger partial charge in [0.25, 0.3) is 0 Å². The highest BCUT2D eigenvalue weighted by atomic mass is 16.5. The van der Waals surface area contributed by atoms with Crippen LogP contribution in [0.15, 0.2) is 24.3 Å². The van der Waals surface area contributed by atoms with E-state index in [1.165, 1.54) is 5.56 Å². The first kappa shape index (κ1) is 12.1. The molecule has 0 saturated carbocycles. The highest BCUT2D eigenvalue weighted by Crippen LogP contribution is 2.28. The molecule has 1 fully saturated rings. The molecule has 1 saturated heterocycles. The van der Waals surface area contributed by atoms with E-state index in [2.05, 4.69) is 12.1 Å². The van der Waals surface area contributed by atoms with Crippen LogP contribution in [0.4, 0.5) is 0 Å². The fourth-order valence-electron chi connectivity index (χ4n) is 2.30. The van der Waals surface area contributed by atoms with Gasteiger partial charge in [0.05, 0.1) is 13.0 Å². The van der Waals surface area contributed by atoms with E-state index in [-0.39, 0.29) is 12.3 Å². The first-order chi connectivity index (χ1) is 8.16. The van der Waals surface area contributed by atoms with Gasteiger partial charge in [-0.2, -0.15) is 0 Å². The predicted molar refractivity (Wildman–Crippen MR) is 65.3 cm³/mol. The Morgan fingerprint density at radius 2 is 2.41 bits per heavy atom. The van der Waals surface area contributed by atoms with Crippen LogP contribution in [0.1, 0.15) is 42.7 Å². The zero-order valence-corrected chi connectivity index (χ0v) is 10.1. The first-order valence-corrected chi connectivity index (χ1v) is 6.06. The van der Waals surface area contributed by atoms with Crippen molar-refractivity contribution in [2.45, 2.75) is 31.6 Å². The summed E-state index contributed by atoms with van der Waals surface area (Å²) in [4.78, 5) is 10.7. The molecule has 1 N–H and O–H groups in total. The van der Waals surface area contributed by atoms with Crippen molar-refractivity contribution in [3.05, 3.63) is 35.4 Å². The molecule has 2 unspecified atom stereocenters. The number of hydrogen-bond donors (Lipinski definition) is 1. The maximum absolute atomic E-state index is 10.7. The lowest BCUT2D eigenvalue weighted by Crippen LogP contribution is -2.04. The summed E-state index contributed by atoms with van der Waals surface area (Å²) >= 11 is 0. The Bertz CT molecular complexity index is 394. The van der Waals surface area contributed by atoms with Crippen LogP contribution in [0.3, 0.4) is 0 Å². The molecular weight excluding hydrogens is 216 g/mol. The molecule has 3 heteroatoms. The second-order valence-corrected chi connectivity index (χ2v) is 4.73. The second kappa shape index (κ2) is 5.32. The van der Waals surface area contributed by atoms with Gasteiger partial charge in [-0.15, -0.1) is 0 Å². The molecule has 3 nitrogen and oxygen atoms in total. The summed E-state index contributed by atoms with van der Waals surface area (Å²) in [6.07, 6.45) is 1.25. The molecule has 0 amide bonds. The Hall–Kier alpha value is -1.35. The highest BCUT2D eigenvalue weighted by Gasteiger charge is 2.19. The summed E-state index contributed by atoms with van der Waals surface area (Å²) in [5.41, 5.74) is 2.38. The quantitative estimate of drug-likeness (QED) is 0.871. The second-order valence-electron chi connectivity index (χ2n) is 4.73. The summed E-state index contributed by atoms with van der Waals surface area (Å²) in [6, 6.07) is 8.26. The third-order valence-corrected chi connectivity index (χ3v) is 3.36. The van der Waals surface area contributed by atoms with Crippen molar-refractivity contribution in [1.82, 2.24) is 0 Å². The summed E-state index contributed by atoms with van der Waals surface area (Å²) in [7, 11) is 0. The number of carboxylic acids is 1. The van der Waals surface area contributed by atoms with Crippen molar-refractivity contribution < 1.29 is 14.6 Å². The SMILES string of the molecule is CC(CC(=O)O)c1cccc(C2CCOC2)c1. The molecule has 0 radical (unpaired) electrons. The van der Waals surface area contributed by atoms with E-state index in [1.807, 2.05) is 19.1 Å². The lowest BCUT2D eigenvalue weighted by Gasteiger charge is -2.13. The van der Waals surface area contributed by atoms with E-state index in [9.17, 15) is 4.79 Å². The Balaban J connectivity index is 2.12. The fourth-order valence-corrected chi connectivity index (χ4v) is 2.30. The van der Waals surface area contributed by atoms with Crippen molar-refractivity contribution in [3.8, 4) is 0 Å². The molecule has 17 heavy (non-hydrogen) atoms. The molecule has 92 valence electrons. The van der Waals surface area contributed by atoms with Gasteiger partial charge in [0.15, 0.2) is 0 Å². The average molecular weight is 234 g/mol. The smallest absolute Gasteiger partial charge is 0.303 e. The van der Waals surface area contributed by atoms with Crippen LogP contribution in [0.5, 0.6) is 0 Å². The van der Waals surface area contributed by atoms with Crippen molar-refractivity contribution in [2.75, 3.05) is 13.2 Å². The van der Waals surface area contributed by atoms with E-state index in [1.54, 1.807) is 0 Å². The van der Waals surface area contributed by atoms with E-state index in [4.69, 9.17) is 9.84 Å². The maximum atomic E-state index is 10.7. The van der Waals surface area contributed by atoms with E-state index >= 15 is 0 Å². The van der Waals surface area contributed by atoms with Crippen LogP contribution < -0.4 is 0 Å². The third-order valence-electron chi connectivity index (χ3n) is 3.36. The van der Waals surface area contributed by atoms with E-state index in [0.29, 0.717) is 5.92 Å². The first-order valence-electron chi connectivity index (χ1n) is 6.06. The number of benzene rings is 1. The van der Waals surface area contributed by atoms with Gasteiger partial charge in [0.2, 0.25) is 0 Å². The van der Waals surface area contributed by atoms with Crippen LogP contribution >= 0.6 is 0 Å². The largest absolute Gasteiger partial charge is 0.481 e. The monoisotopic (exact) mass is 234 g/mol. The average Bonchev–Trinajstić information content (AvgIpc) is 2.82. The minimum atomic E-state index is -0.743. The van der Waals surface area contributed by atoms with Gasteiger partial charge in [0.1, 0.15) is 0 Å². The van der Waals surface area contributed by atoms with Gasteiger partial charge in [-0.3, -0.25) is 4.79 Å². The molecule has 1 heterocycles. The number of rotatable bonds is 4. The minimum Gasteiger partial charge on any atom is -0.481 e. The number of hydrogen-bond acceptors (Lipinski definition) is 2. The fraction of sp³-hybridized carbons (Fsp3) is 0.500. The molecule has 0 bridgehead atoms. The van der Waals surface area contributed by atoms with Crippen molar-refractivity contribution >= 4 is 5.97 Å². The molecule has 0 spiro atoms. The molecule has 1 aliphatic heterocycles. The molecule has 1 aromatic rings. The van der Waals surface area contributed by atoms with Crippen molar-refractivity contribution in [2.24, 2.45) is 0 Å². The molecule has 1 aromatic carbocycles. The molecule has 0 aromatic heterocycles. The number of carbonyl (C=O) groups is 1. The summed E-state index contributed by atoms with van der Waals surface area (Å²) < 4.78 is 5.38. The number of ether oxygens (including phenoxy) is 1. The lowest BCUT2D eigenvalue weighted by molar-refractivity contribution is -0.137. The van der Waals surface area contributed by atoms with Crippen molar-refractivity contribution in [3.63, 3.8) is 0 Å². The van der Waals surface area contributed by atoms with E-state index < -0.39 is 5.97 Å². The third kappa shape index (κ3) is 3.07. The van der Waals surface area contributed by atoms with Crippen molar-refractivity contribution in [1.29, 1.82) is 0 Å². The Labute approximate surface area is 101 Å². The van der Waals surface area contributed by atoms with Crippen LogP contribution in [-0.4, -0.2) is 24.3 Å².